The van der Waals surface area contributed by atoms with Gasteiger partial charge in [-0.2, -0.15) is 5.10 Å². The molecule has 19 heavy (non-hydrogen) atoms. The number of hydrogen-bond acceptors (Lipinski definition) is 5. The SMILES string of the molecule is CC(CS(C)=O)Nc1c([N+](=O)[O-])c(C(C)C)nn1C. The summed E-state index contributed by atoms with van der Waals surface area (Å²) < 4.78 is 12.7. The molecule has 0 aliphatic rings. The van der Waals surface area contributed by atoms with Gasteiger partial charge in [0.25, 0.3) is 0 Å². The lowest BCUT2D eigenvalue weighted by molar-refractivity contribution is -0.384. The lowest BCUT2D eigenvalue weighted by Gasteiger charge is -2.13. The second kappa shape index (κ2) is 6.14. The molecule has 2 unspecified atom stereocenters. The van der Waals surface area contributed by atoms with E-state index in [1.807, 2.05) is 20.8 Å². The molecular weight excluding hydrogens is 268 g/mol. The van der Waals surface area contributed by atoms with Gasteiger partial charge in [-0.25, -0.2) is 4.68 Å². The molecule has 1 aromatic rings. The highest BCUT2D eigenvalue weighted by molar-refractivity contribution is 7.84. The fraction of sp³-hybridized carbons (Fsp3) is 0.727. The minimum Gasteiger partial charge on any atom is -0.361 e. The molecule has 1 rings (SSSR count). The molecule has 0 bridgehead atoms. The Balaban J connectivity index is 3.12. The van der Waals surface area contributed by atoms with E-state index >= 15 is 0 Å². The molecule has 0 saturated carbocycles. The smallest absolute Gasteiger partial charge is 0.334 e. The first-order valence-electron chi connectivity index (χ1n) is 6.01. The predicted octanol–water partition coefficient (Wildman–Crippen LogP) is 1.63. The average Bonchev–Trinajstić information content (AvgIpc) is 2.55. The molecule has 1 N–H and O–H groups in total. The minimum atomic E-state index is -0.957. The van der Waals surface area contributed by atoms with Gasteiger partial charge in [-0.15, -0.1) is 0 Å². The van der Waals surface area contributed by atoms with E-state index in [0.29, 0.717) is 17.3 Å². The number of aromatic nitrogens is 2. The number of nitrogens with zero attached hydrogens (tertiary/aromatic N) is 3. The standard InChI is InChI=1S/C11H20N4O3S/c1-7(2)9-10(15(16)17)11(14(4)13-9)12-8(3)6-19(5)18/h7-8,12H,6H2,1-5H3. The highest BCUT2D eigenvalue weighted by atomic mass is 32.2. The van der Waals surface area contributed by atoms with Crippen molar-refractivity contribution < 1.29 is 9.13 Å². The molecule has 0 radical (unpaired) electrons. The Hall–Kier alpha value is -1.44. The van der Waals surface area contributed by atoms with E-state index in [0.717, 1.165) is 0 Å². The molecule has 0 amide bonds. The van der Waals surface area contributed by atoms with E-state index in [2.05, 4.69) is 10.4 Å². The van der Waals surface area contributed by atoms with Gasteiger partial charge in [0, 0.05) is 41.8 Å². The van der Waals surface area contributed by atoms with Crippen molar-refractivity contribution in [3.8, 4) is 0 Å². The van der Waals surface area contributed by atoms with E-state index in [9.17, 15) is 14.3 Å². The summed E-state index contributed by atoms with van der Waals surface area (Å²) in [6, 6.07) is -0.125. The van der Waals surface area contributed by atoms with E-state index in [1.54, 1.807) is 13.3 Å². The zero-order valence-corrected chi connectivity index (χ0v) is 12.7. The zero-order chi connectivity index (χ0) is 14.7. The summed E-state index contributed by atoms with van der Waals surface area (Å²) in [7, 11) is 0.706. The summed E-state index contributed by atoms with van der Waals surface area (Å²) in [6.07, 6.45) is 1.61. The summed E-state index contributed by atoms with van der Waals surface area (Å²) in [5, 5.41) is 18.4. The largest absolute Gasteiger partial charge is 0.361 e. The number of rotatable bonds is 6. The van der Waals surface area contributed by atoms with Crippen LogP contribution in [-0.4, -0.2) is 37.0 Å². The quantitative estimate of drug-likeness (QED) is 0.634. The topological polar surface area (TPSA) is 90.1 Å². The molecule has 1 aromatic heterocycles. The lowest BCUT2D eigenvalue weighted by Crippen LogP contribution is -2.24. The molecule has 108 valence electrons. The Morgan fingerprint density at radius 2 is 2.05 bits per heavy atom. The van der Waals surface area contributed by atoms with Crippen molar-refractivity contribution in [2.75, 3.05) is 17.3 Å². The van der Waals surface area contributed by atoms with Crippen LogP contribution >= 0.6 is 0 Å². The summed E-state index contributed by atoms with van der Waals surface area (Å²) in [5.74, 6) is 0.767. The molecule has 7 nitrogen and oxygen atoms in total. The normalized spacial score (nSPS) is 14.4. The van der Waals surface area contributed by atoms with E-state index in [1.165, 1.54) is 4.68 Å². The minimum absolute atomic E-state index is 0.00577. The van der Waals surface area contributed by atoms with Gasteiger partial charge >= 0.3 is 5.69 Å². The Kier molecular flexibility index (Phi) is 5.04. The summed E-state index contributed by atoms with van der Waals surface area (Å²) >= 11 is 0. The van der Waals surface area contributed by atoms with Gasteiger partial charge in [-0.3, -0.25) is 14.3 Å². The third kappa shape index (κ3) is 3.76. The molecule has 0 aliphatic carbocycles. The summed E-state index contributed by atoms with van der Waals surface area (Å²) in [5.41, 5.74) is 0.464. The van der Waals surface area contributed by atoms with Crippen molar-refractivity contribution in [1.29, 1.82) is 0 Å². The molecular formula is C11H20N4O3S. The van der Waals surface area contributed by atoms with Crippen molar-refractivity contribution >= 4 is 22.3 Å². The average molecular weight is 288 g/mol. The van der Waals surface area contributed by atoms with Gasteiger partial charge in [0.2, 0.25) is 5.82 Å². The van der Waals surface area contributed by atoms with Crippen molar-refractivity contribution in [2.24, 2.45) is 7.05 Å². The van der Waals surface area contributed by atoms with Crippen LogP contribution in [0.3, 0.4) is 0 Å². The highest BCUT2D eigenvalue weighted by Gasteiger charge is 2.29. The van der Waals surface area contributed by atoms with Gasteiger partial charge < -0.3 is 5.32 Å². The molecule has 0 aliphatic heterocycles. The van der Waals surface area contributed by atoms with Crippen molar-refractivity contribution in [2.45, 2.75) is 32.7 Å². The Bertz CT molecular complexity index is 498. The second-order valence-corrected chi connectivity index (χ2v) is 6.38. The summed E-state index contributed by atoms with van der Waals surface area (Å²) in [4.78, 5) is 10.8. The van der Waals surface area contributed by atoms with Gasteiger partial charge in [0.05, 0.1) is 4.92 Å². The molecule has 0 fully saturated rings. The van der Waals surface area contributed by atoms with Crippen molar-refractivity contribution in [3.63, 3.8) is 0 Å². The Morgan fingerprint density at radius 3 is 2.47 bits per heavy atom. The first-order valence-corrected chi connectivity index (χ1v) is 7.74. The van der Waals surface area contributed by atoms with Crippen LogP contribution in [-0.2, 0) is 17.8 Å². The second-order valence-electron chi connectivity index (χ2n) is 4.90. The molecule has 0 aromatic carbocycles. The first kappa shape index (κ1) is 15.6. The van der Waals surface area contributed by atoms with E-state index < -0.39 is 15.7 Å². The molecule has 8 heteroatoms. The maximum Gasteiger partial charge on any atom is 0.334 e. The molecule has 2 atom stereocenters. The van der Waals surface area contributed by atoms with E-state index in [-0.39, 0.29) is 17.6 Å². The summed E-state index contributed by atoms with van der Waals surface area (Å²) in [6.45, 7) is 5.57. The van der Waals surface area contributed by atoms with Gasteiger partial charge in [0.1, 0.15) is 5.69 Å². The number of anilines is 1. The van der Waals surface area contributed by atoms with Crippen LogP contribution in [0.1, 0.15) is 32.4 Å². The van der Waals surface area contributed by atoms with Crippen LogP contribution in [0, 0.1) is 10.1 Å². The third-order valence-corrected chi connectivity index (χ3v) is 3.61. The van der Waals surface area contributed by atoms with Crippen LogP contribution in [0.5, 0.6) is 0 Å². The van der Waals surface area contributed by atoms with Gasteiger partial charge in [-0.05, 0) is 6.92 Å². The maximum absolute atomic E-state index is 11.2. The van der Waals surface area contributed by atoms with Crippen LogP contribution in [0.25, 0.3) is 0 Å². The zero-order valence-electron chi connectivity index (χ0n) is 11.8. The Labute approximate surface area is 115 Å². The number of nitro groups is 1. The monoisotopic (exact) mass is 288 g/mol. The lowest BCUT2D eigenvalue weighted by atomic mass is 10.1. The molecule has 0 saturated heterocycles. The van der Waals surface area contributed by atoms with Crippen LogP contribution in [0.2, 0.25) is 0 Å². The van der Waals surface area contributed by atoms with Crippen LogP contribution in [0.15, 0.2) is 0 Å². The number of aryl methyl sites for hydroxylation is 1. The van der Waals surface area contributed by atoms with E-state index in [4.69, 9.17) is 0 Å². The van der Waals surface area contributed by atoms with Gasteiger partial charge in [0.15, 0.2) is 0 Å². The molecule has 0 spiro atoms. The fourth-order valence-corrected chi connectivity index (χ4v) is 2.68. The van der Waals surface area contributed by atoms with Crippen molar-refractivity contribution in [3.05, 3.63) is 15.8 Å². The van der Waals surface area contributed by atoms with Gasteiger partial charge in [-0.1, -0.05) is 13.8 Å². The first-order chi connectivity index (χ1) is 8.73. The fourth-order valence-electron chi connectivity index (χ4n) is 1.89. The number of nitrogens with one attached hydrogen (secondary N) is 1. The maximum atomic E-state index is 11.2. The highest BCUT2D eigenvalue weighted by Crippen LogP contribution is 2.33. The van der Waals surface area contributed by atoms with Crippen LogP contribution < -0.4 is 5.32 Å². The third-order valence-electron chi connectivity index (χ3n) is 2.65. The van der Waals surface area contributed by atoms with Crippen LogP contribution in [0.4, 0.5) is 11.5 Å². The van der Waals surface area contributed by atoms with Crippen molar-refractivity contribution in [1.82, 2.24) is 9.78 Å². The molecule has 1 heterocycles. The Morgan fingerprint density at radius 1 is 1.47 bits per heavy atom. The predicted molar refractivity (Wildman–Crippen MR) is 76.0 cm³/mol. The number of hydrogen-bond donors (Lipinski definition) is 1.